The Morgan fingerprint density at radius 1 is 1.41 bits per heavy atom. The van der Waals surface area contributed by atoms with E-state index in [1.165, 1.54) is 0 Å². The van der Waals surface area contributed by atoms with Gasteiger partial charge < -0.3 is 4.74 Å². The lowest BCUT2D eigenvalue weighted by molar-refractivity contribution is 0.270. The molecule has 95 valence electrons. The fourth-order valence-corrected chi connectivity index (χ4v) is 1.70. The second kappa shape index (κ2) is 5.91. The van der Waals surface area contributed by atoms with Gasteiger partial charge in [0.2, 0.25) is 10.0 Å². The van der Waals surface area contributed by atoms with Crippen molar-refractivity contribution in [3.63, 3.8) is 0 Å². The molecular formula is C12H18NO3S. The van der Waals surface area contributed by atoms with Gasteiger partial charge in [-0.25, -0.2) is 8.42 Å². The molecule has 0 aliphatic heterocycles. The molecule has 0 bridgehead atoms. The largest absolute Gasteiger partial charge is 0.493 e. The average Bonchev–Trinajstić information content (AvgIpc) is 2.28. The lowest BCUT2D eigenvalue weighted by Gasteiger charge is -2.09. The van der Waals surface area contributed by atoms with Crippen LogP contribution in [0.4, 0.5) is 5.69 Å². The SMILES string of the molecule is CCS(=O)(=O)Nc1c[c]c(OCC(C)C)cc1. The van der Waals surface area contributed by atoms with E-state index in [2.05, 4.69) is 24.6 Å². The normalized spacial score (nSPS) is 11.5. The molecule has 1 N–H and O–H groups in total. The fraction of sp³-hybridized carbons (Fsp3) is 0.500. The second-order valence-corrected chi connectivity index (χ2v) is 6.16. The molecule has 1 aromatic rings. The van der Waals surface area contributed by atoms with Gasteiger partial charge in [0.25, 0.3) is 0 Å². The maximum Gasteiger partial charge on any atom is 0.232 e. The summed E-state index contributed by atoms with van der Waals surface area (Å²) in [6, 6.07) is 7.83. The molecular weight excluding hydrogens is 238 g/mol. The molecule has 0 spiro atoms. The molecule has 1 rings (SSSR count). The highest BCUT2D eigenvalue weighted by atomic mass is 32.2. The first-order valence-electron chi connectivity index (χ1n) is 5.58. The predicted octanol–water partition coefficient (Wildman–Crippen LogP) is 2.28. The Kier molecular flexibility index (Phi) is 4.81. The van der Waals surface area contributed by atoms with Gasteiger partial charge in [-0.05, 0) is 31.0 Å². The summed E-state index contributed by atoms with van der Waals surface area (Å²) in [7, 11) is -3.22. The summed E-state index contributed by atoms with van der Waals surface area (Å²) in [5.74, 6) is 1.12. The summed E-state index contributed by atoms with van der Waals surface area (Å²) in [6.07, 6.45) is 0. The molecule has 0 aliphatic rings. The van der Waals surface area contributed by atoms with E-state index < -0.39 is 10.0 Å². The summed E-state index contributed by atoms with van der Waals surface area (Å²) < 4.78 is 30.5. The molecule has 0 fully saturated rings. The zero-order valence-corrected chi connectivity index (χ0v) is 11.2. The fourth-order valence-electron chi connectivity index (χ4n) is 1.07. The van der Waals surface area contributed by atoms with E-state index in [-0.39, 0.29) is 5.75 Å². The minimum Gasteiger partial charge on any atom is -0.493 e. The molecule has 0 atom stereocenters. The molecule has 4 nitrogen and oxygen atoms in total. The van der Waals surface area contributed by atoms with Crippen LogP contribution < -0.4 is 9.46 Å². The van der Waals surface area contributed by atoms with E-state index in [0.717, 1.165) is 0 Å². The van der Waals surface area contributed by atoms with E-state index in [4.69, 9.17) is 4.74 Å². The van der Waals surface area contributed by atoms with Crippen molar-refractivity contribution >= 4 is 15.7 Å². The molecule has 1 radical (unpaired) electrons. The van der Waals surface area contributed by atoms with Crippen LogP contribution in [0.25, 0.3) is 0 Å². The zero-order chi connectivity index (χ0) is 12.9. The summed E-state index contributed by atoms with van der Waals surface area (Å²) in [6.45, 7) is 6.33. The van der Waals surface area contributed by atoms with Gasteiger partial charge in [0, 0.05) is 11.8 Å². The standard InChI is InChI=1S/C12H18NO3S/c1-4-17(14,15)13-11-5-7-12(8-6-11)16-9-10(2)3/h5-7,10,13H,4,9H2,1-3H3. The van der Waals surface area contributed by atoms with Crippen LogP contribution in [-0.4, -0.2) is 20.8 Å². The van der Waals surface area contributed by atoms with Crippen LogP contribution in [0.3, 0.4) is 0 Å². The van der Waals surface area contributed by atoms with E-state index in [1.807, 2.05) is 0 Å². The number of benzene rings is 1. The summed E-state index contributed by atoms with van der Waals surface area (Å²) >= 11 is 0. The van der Waals surface area contributed by atoms with Crippen molar-refractivity contribution in [2.24, 2.45) is 5.92 Å². The topological polar surface area (TPSA) is 55.4 Å². The molecule has 0 saturated heterocycles. The Bertz CT molecular complexity index is 437. The first-order valence-corrected chi connectivity index (χ1v) is 7.23. The number of anilines is 1. The van der Waals surface area contributed by atoms with Gasteiger partial charge in [-0.15, -0.1) is 0 Å². The highest BCUT2D eigenvalue weighted by molar-refractivity contribution is 7.92. The molecule has 0 saturated carbocycles. The number of hydrogen-bond donors (Lipinski definition) is 1. The Labute approximate surface area is 103 Å². The van der Waals surface area contributed by atoms with Crippen LogP contribution in [0.15, 0.2) is 18.2 Å². The van der Waals surface area contributed by atoms with Crippen molar-refractivity contribution in [3.05, 3.63) is 24.3 Å². The lowest BCUT2D eigenvalue weighted by atomic mass is 10.2. The summed E-state index contributed by atoms with van der Waals surface area (Å²) in [5, 5.41) is 0. The first-order chi connectivity index (χ1) is 7.93. The van der Waals surface area contributed by atoms with E-state index >= 15 is 0 Å². The van der Waals surface area contributed by atoms with Crippen molar-refractivity contribution in [3.8, 4) is 5.75 Å². The van der Waals surface area contributed by atoms with Crippen molar-refractivity contribution in [2.45, 2.75) is 20.8 Å². The van der Waals surface area contributed by atoms with E-state index in [0.29, 0.717) is 24.0 Å². The number of ether oxygens (including phenoxy) is 1. The number of hydrogen-bond acceptors (Lipinski definition) is 3. The van der Waals surface area contributed by atoms with Gasteiger partial charge in [-0.2, -0.15) is 0 Å². The number of sulfonamides is 1. The molecule has 0 aliphatic carbocycles. The zero-order valence-electron chi connectivity index (χ0n) is 10.4. The third kappa shape index (κ3) is 5.08. The highest BCUT2D eigenvalue weighted by Crippen LogP contribution is 2.16. The monoisotopic (exact) mass is 256 g/mol. The molecule has 1 aromatic carbocycles. The smallest absolute Gasteiger partial charge is 0.232 e. The first kappa shape index (κ1) is 13.8. The maximum atomic E-state index is 11.3. The van der Waals surface area contributed by atoms with Crippen LogP contribution in [0.2, 0.25) is 0 Å². The molecule has 0 aromatic heterocycles. The molecule has 17 heavy (non-hydrogen) atoms. The van der Waals surface area contributed by atoms with Gasteiger partial charge in [0.05, 0.1) is 12.4 Å². The minimum absolute atomic E-state index is 0.0542. The van der Waals surface area contributed by atoms with Crippen LogP contribution in [-0.2, 0) is 10.0 Å². The van der Waals surface area contributed by atoms with Crippen LogP contribution >= 0.6 is 0 Å². The highest BCUT2D eigenvalue weighted by Gasteiger charge is 2.06. The second-order valence-electron chi connectivity index (χ2n) is 4.15. The third-order valence-corrected chi connectivity index (χ3v) is 3.32. The van der Waals surface area contributed by atoms with Crippen LogP contribution in [0.5, 0.6) is 5.75 Å². The number of nitrogens with one attached hydrogen (secondary N) is 1. The Morgan fingerprint density at radius 3 is 2.59 bits per heavy atom. The van der Waals surface area contributed by atoms with E-state index in [1.54, 1.807) is 25.1 Å². The van der Waals surface area contributed by atoms with Gasteiger partial charge in [-0.1, -0.05) is 13.8 Å². The minimum atomic E-state index is -3.22. The Morgan fingerprint density at radius 2 is 2.12 bits per heavy atom. The summed E-state index contributed by atoms with van der Waals surface area (Å²) in [4.78, 5) is 0. The van der Waals surface area contributed by atoms with Gasteiger partial charge in [-0.3, -0.25) is 4.72 Å². The Balaban J connectivity index is 2.62. The van der Waals surface area contributed by atoms with Crippen molar-refractivity contribution in [1.82, 2.24) is 0 Å². The van der Waals surface area contributed by atoms with Crippen molar-refractivity contribution < 1.29 is 13.2 Å². The van der Waals surface area contributed by atoms with Crippen molar-refractivity contribution in [1.29, 1.82) is 0 Å². The Hall–Kier alpha value is -1.23. The number of rotatable bonds is 6. The van der Waals surface area contributed by atoms with Crippen LogP contribution in [0.1, 0.15) is 20.8 Å². The average molecular weight is 256 g/mol. The third-order valence-electron chi connectivity index (χ3n) is 2.01. The van der Waals surface area contributed by atoms with Crippen molar-refractivity contribution in [2.75, 3.05) is 17.1 Å². The molecule has 0 unspecified atom stereocenters. The molecule has 5 heteroatoms. The molecule has 0 amide bonds. The maximum absolute atomic E-state index is 11.3. The predicted molar refractivity (Wildman–Crippen MR) is 68.7 cm³/mol. The van der Waals surface area contributed by atoms with E-state index in [9.17, 15) is 8.42 Å². The van der Waals surface area contributed by atoms with Gasteiger partial charge in [0.1, 0.15) is 5.75 Å². The van der Waals surface area contributed by atoms with Crippen LogP contribution in [0, 0.1) is 12.0 Å². The quantitative estimate of drug-likeness (QED) is 0.849. The summed E-state index contributed by atoms with van der Waals surface area (Å²) in [5.41, 5.74) is 0.503. The lowest BCUT2D eigenvalue weighted by Crippen LogP contribution is -2.14. The van der Waals surface area contributed by atoms with Gasteiger partial charge >= 0.3 is 0 Å². The molecule has 0 heterocycles. The van der Waals surface area contributed by atoms with Gasteiger partial charge in [0.15, 0.2) is 0 Å².